The lowest BCUT2D eigenvalue weighted by molar-refractivity contribution is 0.246. The van der Waals surface area contributed by atoms with E-state index in [-0.39, 0.29) is 6.04 Å². The van der Waals surface area contributed by atoms with Crippen molar-refractivity contribution in [3.05, 3.63) is 11.9 Å². The molecular formula is C9H17N5. The highest BCUT2D eigenvalue weighted by molar-refractivity contribution is 5.02. The Morgan fingerprint density at radius 3 is 2.71 bits per heavy atom. The molecule has 2 rings (SSSR count). The highest BCUT2D eigenvalue weighted by atomic mass is 15.4. The zero-order valence-electron chi connectivity index (χ0n) is 8.56. The molecule has 2 N–H and O–H groups in total. The Morgan fingerprint density at radius 1 is 1.50 bits per heavy atom. The molecule has 1 saturated heterocycles. The zero-order valence-corrected chi connectivity index (χ0v) is 8.56. The smallest absolute Gasteiger partial charge is 0.101 e. The lowest BCUT2D eigenvalue weighted by Gasteiger charge is -2.23. The quantitative estimate of drug-likeness (QED) is 0.732. The summed E-state index contributed by atoms with van der Waals surface area (Å²) < 4.78 is 1.73. The van der Waals surface area contributed by atoms with Gasteiger partial charge in [0, 0.05) is 19.8 Å². The predicted octanol–water partition coefficient (Wildman–Crippen LogP) is -0.0893. The van der Waals surface area contributed by atoms with E-state index >= 15 is 0 Å². The molecule has 1 fully saturated rings. The fourth-order valence-electron chi connectivity index (χ4n) is 2.03. The van der Waals surface area contributed by atoms with Crippen molar-refractivity contribution >= 4 is 0 Å². The maximum atomic E-state index is 5.78. The van der Waals surface area contributed by atoms with E-state index in [2.05, 4.69) is 15.2 Å². The van der Waals surface area contributed by atoms with Crippen LogP contribution in [-0.2, 0) is 7.05 Å². The highest BCUT2D eigenvalue weighted by Gasteiger charge is 2.24. The first-order valence-electron chi connectivity index (χ1n) is 5.11. The molecule has 2 heterocycles. The van der Waals surface area contributed by atoms with E-state index in [1.54, 1.807) is 4.68 Å². The summed E-state index contributed by atoms with van der Waals surface area (Å²) in [6.45, 7) is 2.90. The molecule has 0 aromatic carbocycles. The molecule has 5 nitrogen and oxygen atoms in total. The monoisotopic (exact) mass is 195 g/mol. The van der Waals surface area contributed by atoms with E-state index in [1.165, 1.54) is 12.8 Å². The van der Waals surface area contributed by atoms with E-state index in [4.69, 9.17) is 5.73 Å². The van der Waals surface area contributed by atoms with E-state index in [0.29, 0.717) is 6.54 Å². The molecule has 0 radical (unpaired) electrons. The molecule has 14 heavy (non-hydrogen) atoms. The van der Waals surface area contributed by atoms with Gasteiger partial charge in [-0.15, -0.1) is 5.10 Å². The van der Waals surface area contributed by atoms with Crippen LogP contribution in [0.5, 0.6) is 0 Å². The third kappa shape index (κ3) is 1.78. The Labute approximate surface area is 83.9 Å². The number of aromatic nitrogens is 3. The Bertz CT molecular complexity index is 289. The van der Waals surface area contributed by atoms with Gasteiger partial charge in [0.15, 0.2) is 0 Å². The lowest BCUT2D eigenvalue weighted by Crippen LogP contribution is -2.31. The molecule has 1 unspecified atom stereocenters. The van der Waals surface area contributed by atoms with E-state index in [1.807, 2.05) is 13.2 Å². The molecule has 1 aromatic heterocycles. The van der Waals surface area contributed by atoms with E-state index < -0.39 is 0 Å². The van der Waals surface area contributed by atoms with Gasteiger partial charge in [0.05, 0.1) is 6.04 Å². The van der Waals surface area contributed by atoms with Crippen molar-refractivity contribution in [2.45, 2.75) is 18.9 Å². The average Bonchev–Trinajstić information content (AvgIpc) is 2.79. The van der Waals surface area contributed by atoms with Crippen molar-refractivity contribution in [1.29, 1.82) is 0 Å². The molecular weight excluding hydrogens is 178 g/mol. The van der Waals surface area contributed by atoms with Gasteiger partial charge in [-0.1, -0.05) is 5.21 Å². The fraction of sp³-hybridized carbons (Fsp3) is 0.778. The summed E-state index contributed by atoms with van der Waals surface area (Å²) in [4.78, 5) is 2.39. The number of rotatable bonds is 3. The molecule has 1 aliphatic heterocycles. The molecule has 78 valence electrons. The number of aryl methyl sites for hydroxylation is 1. The van der Waals surface area contributed by atoms with Crippen molar-refractivity contribution in [2.24, 2.45) is 12.8 Å². The maximum absolute atomic E-state index is 5.78. The Kier molecular flexibility index (Phi) is 2.79. The molecule has 5 heteroatoms. The minimum atomic E-state index is 0.256. The zero-order chi connectivity index (χ0) is 9.97. The van der Waals surface area contributed by atoms with Gasteiger partial charge in [-0.2, -0.15) is 0 Å². The Morgan fingerprint density at radius 2 is 2.21 bits per heavy atom. The van der Waals surface area contributed by atoms with Crippen LogP contribution in [0.1, 0.15) is 24.6 Å². The van der Waals surface area contributed by atoms with Crippen molar-refractivity contribution in [3.8, 4) is 0 Å². The molecule has 0 amide bonds. The molecule has 0 spiro atoms. The number of hydrogen-bond donors (Lipinski definition) is 1. The molecule has 0 saturated carbocycles. The molecule has 0 aliphatic carbocycles. The number of hydrogen-bond acceptors (Lipinski definition) is 4. The van der Waals surface area contributed by atoms with Crippen LogP contribution in [0.15, 0.2) is 6.20 Å². The summed E-state index contributed by atoms with van der Waals surface area (Å²) in [6, 6.07) is 0.256. The number of nitrogens with zero attached hydrogens (tertiary/aromatic N) is 4. The largest absolute Gasteiger partial charge is 0.329 e. The Hall–Kier alpha value is -0.940. The number of likely N-dealkylation sites (tertiary alicyclic amines) is 1. The second-order valence-corrected chi connectivity index (χ2v) is 3.81. The Balaban J connectivity index is 2.12. The molecule has 1 aliphatic rings. The molecule has 0 bridgehead atoms. The number of nitrogens with two attached hydrogens (primary N) is 1. The molecule has 1 atom stereocenters. The van der Waals surface area contributed by atoms with Crippen LogP contribution in [0.4, 0.5) is 0 Å². The SMILES string of the molecule is Cn1cc(C(CN)N2CCCC2)nn1. The van der Waals surface area contributed by atoms with E-state index in [9.17, 15) is 0 Å². The second-order valence-electron chi connectivity index (χ2n) is 3.81. The van der Waals surface area contributed by atoms with Crippen LogP contribution in [0.25, 0.3) is 0 Å². The summed E-state index contributed by atoms with van der Waals surface area (Å²) in [5, 5.41) is 8.06. The van der Waals surface area contributed by atoms with Gasteiger partial charge in [-0.3, -0.25) is 9.58 Å². The summed E-state index contributed by atoms with van der Waals surface area (Å²) >= 11 is 0. The summed E-state index contributed by atoms with van der Waals surface area (Å²) in [7, 11) is 1.88. The summed E-state index contributed by atoms with van der Waals surface area (Å²) in [6.07, 6.45) is 4.50. The van der Waals surface area contributed by atoms with Gasteiger partial charge < -0.3 is 5.73 Å². The van der Waals surface area contributed by atoms with Gasteiger partial charge in [-0.05, 0) is 25.9 Å². The van der Waals surface area contributed by atoms with Gasteiger partial charge in [-0.25, -0.2) is 0 Å². The van der Waals surface area contributed by atoms with Crippen LogP contribution in [0, 0.1) is 0 Å². The van der Waals surface area contributed by atoms with Crippen LogP contribution >= 0.6 is 0 Å². The highest BCUT2D eigenvalue weighted by Crippen LogP contribution is 2.21. The first-order chi connectivity index (χ1) is 6.81. The van der Waals surface area contributed by atoms with Gasteiger partial charge >= 0.3 is 0 Å². The summed E-state index contributed by atoms with van der Waals surface area (Å²) in [5.41, 5.74) is 6.77. The second kappa shape index (κ2) is 4.06. The fourth-order valence-corrected chi connectivity index (χ4v) is 2.03. The van der Waals surface area contributed by atoms with Crippen molar-refractivity contribution < 1.29 is 0 Å². The van der Waals surface area contributed by atoms with Crippen molar-refractivity contribution in [1.82, 2.24) is 19.9 Å². The van der Waals surface area contributed by atoms with Gasteiger partial charge in [0.1, 0.15) is 5.69 Å². The van der Waals surface area contributed by atoms with Crippen molar-refractivity contribution in [3.63, 3.8) is 0 Å². The third-order valence-corrected chi connectivity index (χ3v) is 2.77. The maximum Gasteiger partial charge on any atom is 0.101 e. The standard InChI is InChI=1S/C9H17N5/c1-13-7-8(11-12-13)9(6-10)14-4-2-3-5-14/h7,9H,2-6,10H2,1H3. The van der Waals surface area contributed by atoms with Gasteiger partial charge in [0.25, 0.3) is 0 Å². The minimum Gasteiger partial charge on any atom is -0.329 e. The van der Waals surface area contributed by atoms with E-state index in [0.717, 1.165) is 18.8 Å². The van der Waals surface area contributed by atoms with Crippen LogP contribution in [0.3, 0.4) is 0 Å². The summed E-state index contributed by atoms with van der Waals surface area (Å²) in [5.74, 6) is 0. The predicted molar refractivity (Wildman–Crippen MR) is 53.6 cm³/mol. The van der Waals surface area contributed by atoms with Crippen molar-refractivity contribution in [2.75, 3.05) is 19.6 Å². The minimum absolute atomic E-state index is 0.256. The van der Waals surface area contributed by atoms with Gasteiger partial charge in [0.2, 0.25) is 0 Å². The van der Waals surface area contributed by atoms with Crippen LogP contribution in [0.2, 0.25) is 0 Å². The normalized spacial score (nSPS) is 20.1. The first-order valence-corrected chi connectivity index (χ1v) is 5.11. The topological polar surface area (TPSA) is 60.0 Å². The van der Waals surface area contributed by atoms with Crippen LogP contribution in [-0.4, -0.2) is 39.5 Å². The average molecular weight is 195 g/mol. The third-order valence-electron chi connectivity index (χ3n) is 2.77. The molecule has 1 aromatic rings. The first kappa shape index (κ1) is 9.61. The van der Waals surface area contributed by atoms with Crippen LogP contribution < -0.4 is 5.73 Å². The lowest BCUT2D eigenvalue weighted by atomic mass is 10.2.